The van der Waals surface area contributed by atoms with E-state index in [0.717, 1.165) is 0 Å². The van der Waals surface area contributed by atoms with Crippen molar-refractivity contribution in [2.75, 3.05) is 0 Å². The Kier molecular flexibility index (Phi) is 14.8. The van der Waals surface area contributed by atoms with Gasteiger partial charge in [-0.15, -0.1) is 0 Å². The molecular formula is C25H46N. The van der Waals surface area contributed by atoms with Gasteiger partial charge in [-0.3, -0.25) is 5.32 Å². The van der Waals surface area contributed by atoms with Crippen LogP contribution in [-0.2, 0) is 0 Å². The van der Waals surface area contributed by atoms with Gasteiger partial charge in [0.15, 0.2) is 0 Å². The van der Waals surface area contributed by atoms with E-state index in [1.807, 2.05) is 0 Å². The van der Waals surface area contributed by atoms with E-state index in [-0.39, 0.29) is 0 Å². The molecule has 1 aliphatic heterocycles. The highest BCUT2D eigenvalue weighted by molar-refractivity contribution is 5.40. The second-order valence-electron chi connectivity index (χ2n) is 8.20. The molecule has 0 saturated carbocycles. The zero-order valence-electron chi connectivity index (χ0n) is 18.3. The first-order chi connectivity index (χ1) is 12.8. The Hall–Kier alpha value is -0.720. The molecule has 0 amide bonds. The first-order valence-corrected chi connectivity index (χ1v) is 12.0. The third-order valence-corrected chi connectivity index (χ3v) is 5.71. The Bertz CT molecular complexity index is 391. The Labute approximate surface area is 165 Å². The van der Waals surface area contributed by atoms with Crippen molar-refractivity contribution in [1.82, 2.24) is 5.32 Å². The lowest BCUT2D eigenvalue weighted by atomic mass is 9.94. The zero-order valence-corrected chi connectivity index (χ0v) is 18.3. The summed E-state index contributed by atoms with van der Waals surface area (Å²) in [6, 6.07) is 0. The molecular weight excluding hydrogens is 314 g/mol. The number of nitrogens with zero attached hydrogens (tertiary/aromatic N) is 1. The summed E-state index contributed by atoms with van der Waals surface area (Å²) in [6.45, 7) is 6.89. The highest BCUT2D eigenvalue weighted by atomic mass is 14.9. The summed E-state index contributed by atoms with van der Waals surface area (Å²) in [5.41, 5.74) is 4.67. The molecule has 0 aromatic rings. The molecule has 0 bridgehead atoms. The van der Waals surface area contributed by atoms with Crippen LogP contribution in [0.3, 0.4) is 0 Å². The van der Waals surface area contributed by atoms with Crippen molar-refractivity contribution in [1.29, 1.82) is 0 Å². The van der Waals surface area contributed by atoms with Crippen LogP contribution in [-0.4, -0.2) is 0 Å². The van der Waals surface area contributed by atoms with Crippen LogP contribution in [0.15, 0.2) is 23.0 Å². The van der Waals surface area contributed by atoms with Gasteiger partial charge in [0.25, 0.3) is 0 Å². The minimum Gasteiger partial charge on any atom is -0.261 e. The molecule has 0 aromatic carbocycles. The maximum Gasteiger partial charge on any atom is 0.0438 e. The summed E-state index contributed by atoms with van der Waals surface area (Å²) in [7, 11) is 0. The third kappa shape index (κ3) is 10.4. The van der Waals surface area contributed by atoms with Gasteiger partial charge in [0.05, 0.1) is 0 Å². The molecule has 151 valence electrons. The molecule has 1 aliphatic rings. The van der Waals surface area contributed by atoms with Gasteiger partial charge in [-0.25, -0.2) is 0 Å². The van der Waals surface area contributed by atoms with E-state index in [1.165, 1.54) is 121 Å². The monoisotopic (exact) mass is 360 g/mol. The average Bonchev–Trinajstić information content (AvgIpc) is 3.03. The lowest BCUT2D eigenvalue weighted by Gasteiger charge is -2.11. The minimum atomic E-state index is 1.21. The van der Waals surface area contributed by atoms with Crippen LogP contribution in [0.4, 0.5) is 0 Å². The van der Waals surface area contributed by atoms with Crippen molar-refractivity contribution < 1.29 is 0 Å². The van der Waals surface area contributed by atoms with Gasteiger partial charge in [-0.05, 0) is 49.7 Å². The number of hydrogen-bond acceptors (Lipinski definition) is 0. The molecule has 0 N–H and O–H groups in total. The van der Waals surface area contributed by atoms with E-state index >= 15 is 0 Å². The Morgan fingerprint density at radius 1 is 0.538 bits per heavy atom. The van der Waals surface area contributed by atoms with Gasteiger partial charge in [0.1, 0.15) is 0 Å². The van der Waals surface area contributed by atoms with E-state index in [2.05, 4.69) is 27.0 Å². The number of unbranched alkanes of at least 4 members (excludes halogenated alkanes) is 12. The van der Waals surface area contributed by atoms with Gasteiger partial charge in [0.2, 0.25) is 0 Å². The first-order valence-electron chi connectivity index (χ1n) is 12.0. The molecule has 0 atom stereocenters. The van der Waals surface area contributed by atoms with E-state index in [9.17, 15) is 0 Å². The quantitative estimate of drug-likeness (QED) is 0.217. The molecule has 1 heterocycles. The fourth-order valence-electron chi connectivity index (χ4n) is 3.95. The lowest BCUT2D eigenvalue weighted by Crippen LogP contribution is -1.97. The maximum atomic E-state index is 4.86. The molecule has 0 fully saturated rings. The van der Waals surface area contributed by atoms with Crippen LogP contribution in [0.25, 0.3) is 0 Å². The van der Waals surface area contributed by atoms with Crippen molar-refractivity contribution >= 4 is 0 Å². The predicted octanol–water partition coefficient (Wildman–Crippen LogP) is 8.82. The molecule has 1 nitrogen and oxygen atoms in total. The summed E-state index contributed by atoms with van der Waals surface area (Å²) < 4.78 is 0. The van der Waals surface area contributed by atoms with Gasteiger partial charge in [-0.1, -0.05) is 97.8 Å². The summed E-state index contributed by atoms with van der Waals surface area (Å²) in [4.78, 5) is 0. The summed E-state index contributed by atoms with van der Waals surface area (Å²) in [5.74, 6) is 0. The van der Waals surface area contributed by atoms with E-state index in [0.29, 0.717) is 0 Å². The van der Waals surface area contributed by atoms with Gasteiger partial charge in [-0.2, -0.15) is 0 Å². The fraction of sp³-hybridized carbons (Fsp3) is 0.840. The van der Waals surface area contributed by atoms with Crippen molar-refractivity contribution in [3.05, 3.63) is 23.0 Å². The Morgan fingerprint density at radius 3 is 1.54 bits per heavy atom. The molecule has 0 spiro atoms. The standard InChI is InChI=1S/C25H46N/c1-4-7-10-13-16-19-23-22-26-25(21-18-15-12-9-6-3)24(23)20-17-14-11-8-5-2/h22H,4-21H2,1-3H3. The van der Waals surface area contributed by atoms with Crippen molar-refractivity contribution in [3.63, 3.8) is 0 Å². The summed E-state index contributed by atoms with van der Waals surface area (Å²) >= 11 is 0. The molecule has 1 rings (SSSR count). The largest absolute Gasteiger partial charge is 0.261 e. The van der Waals surface area contributed by atoms with Crippen molar-refractivity contribution in [2.24, 2.45) is 0 Å². The van der Waals surface area contributed by atoms with Crippen LogP contribution in [0.2, 0.25) is 0 Å². The normalized spacial score (nSPS) is 14.0. The first kappa shape index (κ1) is 23.3. The fourth-order valence-corrected chi connectivity index (χ4v) is 3.95. The van der Waals surface area contributed by atoms with Gasteiger partial charge >= 0.3 is 0 Å². The van der Waals surface area contributed by atoms with Crippen molar-refractivity contribution in [2.45, 2.75) is 136 Å². The van der Waals surface area contributed by atoms with Crippen LogP contribution in [0, 0.1) is 0 Å². The molecule has 0 aromatic heterocycles. The van der Waals surface area contributed by atoms with Crippen LogP contribution in [0.5, 0.6) is 0 Å². The molecule has 1 heteroatoms. The third-order valence-electron chi connectivity index (χ3n) is 5.71. The number of rotatable bonds is 18. The van der Waals surface area contributed by atoms with Gasteiger partial charge in [0, 0.05) is 11.9 Å². The molecule has 26 heavy (non-hydrogen) atoms. The number of allylic oxidation sites excluding steroid dienone is 3. The van der Waals surface area contributed by atoms with Gasteiger partial charge < -0.3 is 0 Å². The van der Waals surface area contributed by atoms with E-state index < -0.39 is 0 Å². The Balaban J connectivity index is 2.43. The van der Waals surface area contributed by atoms with Crippen molar-refractivity contribution in [3.8, 4) is 0 Å². The zero-order chi connectivity index (χ0) is 18.9. The average molecular weight is 361 g/mol. The van der Waals surface area contributed by atoms with Crippen LogP contribution < -0.4 is 5.32 Å². The summed E-state index contributed by atoms with van der Waals surface area (Å²) in [5, 5.41) is 4.86. The molecule has 1 radical (unpaired) electrons. The number of hydrogen-bond donors (Lipinski definition) is 0. The highest BCUT2D eigenvalue weighted by Crippen LogP contribution is 2.32. The maximum absolute atomic E-state index is 4.86. The molecule has 0 unspecified atom stereocenters. The predicted molar refractivity (Wildman–Crippen MR) is 117 cm³/mol. The van der Waals surface area contributed by atoms with Crippen LogP contribution >= 0.6 is 0 Å². The summed E-state index contributed by atoms with van der Waals surface area (Å²) in [6.07, 6.45) is 26.6. The Morgan fingerprint density at radius 2 is 1.00 bits per heavy atom. The second kappa shape index (κ2) is 16.5. The highest BCUT2D eigenvalue weighted by Gasteiger charge is 2.18. The smallest absolute Gasteiger partial charge is 0.0438 e. The lowest BCUT2D eigenvalue weighted by molar-refractivity contribution is 0.610. The van der Waals surface area contributed by atoms with E-state index in [4.69, 9.17) is 5.32 Å². The SMILES string of the molecule is CCCCCCCC1=C[N]C(CCCCCCC)=C1CCCCCCC. The van der Waals surface area contributed by atoms with Crippen LogP contribution in [0.1, 0.15) is 136 Å². The molecule has 0 aliphatic carbocycles. The van der Waals surface area contributed by atoms with E-state index in [1.54, 1.807) is 11.1 Å². The topological polar surface area (TPSA) is 14.1 Å². The minimum absolute atomic E-state index is 1.21. The second-order valence-corrected chi connectivity index (χ2v) is 8.20. The molecule has 0 saturated heterocycles.